The Bertz CT molecular complexity index is 663. The van der Waals surface area contributed by atoms with Crippen molar-refractivity contribution in [2.75, 3.05) is 11.9 Å². The Kier molecular flexibility index (Phi) is 5.61. The van der Waals surface area contributed by atoms with E-state index in [2.05, 4.69) is 34.2 Å². The van der Waals surface area contributed by atoms with Crippen LogP contribution in [0.5, 0.6) is 5.75 Å². The van der Waals surface area contributed by atoms with Crippen LogP contribution in [0.3, 0.4) is 0 Å². The lowest BCUT2D eigenvalue weighted by Gasteiger charge is -2.11. The first-order valence-corrected chi connectivity index (χ1v) is 8.06. The average Bonchev–Trinajstić information content (AvgIpc) is 2.46. The predicted molar refractivity (Wildman–Crippen MR) is 93.6 cm³/mol. The number of benzene rings is 2. The van der Waals surface area contributed by atoms with Crippen molar-refractivity contribution < 1.29 is 9.53 Å². The monoisotopic (exact) mass is 361 g/mol. The van der Waals surface area contributed by atoms with Gasteiger partial charge in [0.25, 0.3) is 5.91 Å². The summed E-state index contributed by atoms with van der Waals surface area (Å²) in [5, 5.41) is 2.85. The molecule has 3 nitrogen and oxygen atoms in total. The molecule has 0 bridgehead atoms. The van der Waals surface area contributed by atoms with Gasteiger partial charge in [-0.2, -0.15) is 0 Å². The summed E-state index contributed by atoms with van der Waals surface area (Å²) in [6.45, 7) is 6.10. The lowest BCUT2D eigenvalue weighted by molar-refractivity contribution is -0.118. The molecule has 0 radical (unpaired) electrons. The SMILES string of the molecule is CCc1ccc(NC(=O)COc2cc(C)cc(C)c2)c(Br)c1. The van der Waals surface area contributed by atoms with Crippen LogP contribution in [0.4, 0.5) is 5.69 Å². The molecule has 0 aliphatic rings. The fourth-order valence-corrected chi connectivity index (χ4v) is 2.76. The highest BCUT2D eigenvalue weighted by Crippen LogP contribution is 2.24. The second-order valence-corrected chi connectivity index (χ2v) is 6.18. The van der Waals surface area contributed by atoms with Gasteiger partial charge in [-0.05, 0) is 77.2 Å². The maximum Gasteiger partial charge on any atom is 0.262 e. The van der Waals surface area contributed by atoms with Gasteiger partial charge in [0.2, 0.25) is 0 Å². The van der Waals surface area contributed by atoms with Crippen LogP contribution in [0.1, 0.15) is 23.6 Å². The average molecular weight is 362 g/mol. The van der Waals surface area contributed by atoms with Crippen LogP contribution < -0.4 is 10.1 Å². The summed E-state index contributed by atoms with van der Waals surface area (Å²) in [4.78, 5) is 12.0. The normalized spacial score (nSPS) is 10.4. The molecule has 116 valence electrons. The number of carbonyl (C=O) groups excluding carboxylic acids is 1. The first kappa shape index (κ1) is 16.6. The van der Waals surface area contributed by atoms with Crippen molar-refractivity contribution in [3.8, 4) is 5.75 Å². The third-order valence-corrected chi connectivity index (χ3v) is 3.94. The van der Waals surface area contributed by atoms with E-state index in [1.165, 1.54) is 5.56 Å². The van der Waals surface area contributed by atoms with Gasteiger partial charge >= 0.3 is 0 Å². The highest BCUT2D eigenvalue weighted by Gasteiger charge is 2.07. The van der Waals surface area contributed by atoms with Crippen LogP contribution in [-0.4, -0.2) is 12.5 Å². The summed E-state index contributed by atoms with van der Waals surface area (Å²) in [6, 6.07) is 11.8. The van der Waals surface area contributed by atoms with Crippen LogP contribution in [0.2, 0.25) is 0 Å². The van der Waals surface area contributed by atoms with E-state index in [1.807, 2.05) is 44.2 Å². The van der Waals surface area contributed by atoms with Crippen LogP contribution in [-0.2, 0) is 11.2 Å². The van der Waals surface area contributed by atoms with Gasteiger partial charge in [0.1, 0.15) is 5.75 Å². The number of ether oxygens (including phenoxy) is 1. The highest BCUT2D eigenvalue weighted by atomic mass is 79.9. The molecule has 2 aromatic rings. The lowest BCUT2D eigenvalue weighted by atomic mass is 10.1. The number of hydrogen-bond acceptors (Lipinski definition) is 2. The molecule has 0 spiro atoms. The van der Waals surface area contributed by atoms with Gasteiger partial charge in [0.05, 0.1) is 5.69 Å². The van der Waals surface area contributed by atoms with E-state index in [1.54, 1.807) is 0 Å². The minimum absolute atomic E-state index is 0.00906. The van der Waals surface area contributed by atoms with E-state index >= 15 is 0 Å². The van der Waals surface area contributed by atoms with Gasteiger partial charge in [0, 0.05) is 4.47 Å². The molecule has 22 heavy (non-hydrogen) atoms. The summed E-state index contributed by atoms with van der Waals surface area (Å²) < 4.78 is 6.44. The third-order valence-electron chi connectivity index (χ3n) is 3.28. The van der Waals surface area contributed by atoms with E-state index in [4.69, 9.17) is 4.74 Å². The molecule has 0 atom stereocenters. The standard InChI is InChI=1S/C18H20BrNO2/c1-4-14-5-6-17(16(19)10-14)20-18(21)11-22-15-8-12(2)7-13(3)9-15/h5-10H,4,11H2,1-3H3,(H,20,21). The van der Waals surface area contributed by atoms with Crippen molar-refractivity contribution in [1.29, 1.82) is 0 Å². The van der Waals surface area contributed by atoms with Crippen LogP contribution in [0, 0.1) is 13.8 Å². The molecule has 0 fully saturated rings. The molecule has 0 aromatic heterocycles. The van der Waals surface area contributed by atoms with Crippen molar-refractivity contribution in [3.63, 3.8) is 0 Å². The van der Waals surface area contributed by atoms with Gasteiger partial charge in [0.15, 0.2) is 6.61 Å². The first-order chi connectivity index (χ1) is 10.5. The third kappa shape index (κ3) is 4.60. The zero-order valence-electron chi connectivity index (χ0n) is 13.1. The van der Waals surface area contributed by atoms with Crippen LogP contribution in [0.15, 0.2) is 40.9 Å². The summed E-state index contributed by atoms with van der Waals surface area (Å²) in [6.07, 6.45) is 0.961. The summed E-state index contributed by atoms with van der Waals surface area (Å²) in [7, 11) is 0. The molecule has 1 amide bonds. The molecule has 0 saturated heterocycles. The number of halogens is 1. The maximum atomic E-state index is 12.0. The predicted octanol–water partition coefficient (Wildman–Crippen LogP) is 4.65. The van der Waals surface area contributed by atoms with Crippen molar-refractivity contribution in [1.82, 2.24) is 0 Å². The van der Waals surface area contributed by atoms with Gasteiger partial charge < -0.3 is 10.1 Å². The van der Waals surface area contributed by atoms with E-state index in [-0.39, 0.29) is 12.5 Å². The number of rotatable bonds is 5. The lowest BCUT2D eigenvalue weighted by Crippen LogP contribution is -2.20. The highest BCUT2D eigenvalue weighted by molar-refractivity contribution is 9.10. The van der Waals surface area contributed by atoms with E-state index in [0.717, 1.165) is 27.7 Å². The van der Waals surface area contributed by atoms with E-state index in [0.29, 0.717) is 5.75 Å². The summed E-state index contributed by atoms with van der Waals surface area (Å²) in [5.41, 5.74) is 4.21. The van der Waals surface area contributed by atoms with Gasteiger partial charge in [-0.1, -0.05) is 19.1 Å². The fraction of sp³-hybridized carbons (Fsp3) is 0.278. The van der Waals surface area contributed by atoms with Crippen molar-refractivity contribution in [3.05, 3.63) is 57.6 Å². The molecule has 0 saturated carbocycles. The molecular formula is C18H20BrNO2. The quantitative estimate of drug-likeness (QED) is 0.841. The minimum Gasteiger partial charge on any atom is -0.484 e. The number of hydrogen-bond donors (Lipinski definition) is 1. The Hall–Kier alpha value is -1.81. The van der Waals surface area contributed by atoms with E-state index < -0.39 is 0 Å². The summed E-state index contributed by atoms with van der Waals surface area (Å²) >= 11 is 3.48. The Morgan fingerprint density at radius 1 is 1.14 bits per heavy atom. The number of anilines is 1. The second-order valence-electron chi connectivity index (χ2n) is 5.33. The zero-order chi connectivity index (χ0) is 16.1. The largest absolute Gasteiger partial charge is 0.484 e. The van der Waals surface area contributed by atoms with E-state index in [9.17, 15) is 4.79 Å². The Morgan fingerprint density at radius 2 is 1.82 bits per heavy atom. The topological polar surface area (TPSA) is 38.3 Å². The molecule has 2 aromatic carbocycles. The van der Waals surface area contributed by atoms with Crippen LogP contribution >= 0.6 is 15.9 Å². The molecule has 2 rings (SSSR count). The number of aryl methyl sites for hydroxylation is 3. The van der Waals surface area contributed by atoms with Gasteiger partial charge in [-0.25, -0.2) is 0 Å². The second kappa shape index (κ2) is 7.45. The van der Waals surface area contributed by atoms with Gasteiger partial charge in [-0.15, -0.1) is 0 Å². The first-order valence-electron chi connectivity index (χ1n) is 7.27. The number of amides is 1. The molecule has 4 heteroatoms. The van der Waals surface area contributed by atoms with Crippen molar-refractivity contribution >= 4 is 27.5 Å². The Labute approximate surface area is 139 Å². The van der Waals surface area contributed by atoms with Crippen molar-refractivity contribution in [2.45, 2.75) is 27.2 Å². The molecular weight excluding hydrogens is 342 g/mol. The smallest absolute Gasteiger partial charge is 0.262 e. The van der Waals surface area contributed by atoms with Crippen LogP contribution in [0.25, 0.3) is 0 Å². The Balaban J connectivity index is 1.95. The molecule has 0 unspecified atom stereocenters. The zero-order valence-corrected chi connectivity index (χ0v) is 14.7. The number of nitrogens with one attached hydrogen (secondary N) is 1. The van der Waals surface area contributed by atoms with Crippen molar-refractivity contribution in [2.24, 2.45) is 0 Å². The molecule has 0 aliphatic carbocycles. The molecule has 0 aliphatic heterocycles. The molecule has 1 N–H and O–H groups in total. The minimum atomic E-state index is -0.177. The summed E-state index contributed by atoms with van der Waals surface area (Å²) in [5.74, 6) is 0.539. The fourth-order valence-electron chi connectivity index (χ4n) is 2.23. The maximum absolute atomic E-state index is 12.0. The van der Waals surface area contributed by atoms with Gasteiger partial charge in [-0.3, -0.25) is 4.79 Å². The number of carbonyl (C=O) groups is 1. The Morgan fingerprint density at radius 3 is 2.41 bits per heavy atom. The molecule has 0 heterocycles.